The van der Waals surface area contributed by atoms with Gasteiger partial charge in [0.15, 0.2) is 0 Å². The molecule has 0 saturated heterocycles. The molecule has 0 spiro atoms. The highest BCUT2D eigenvalue weighted by Gasteiger charge is 2.27. The molecule has 4 rings (SSSR count). The molecule has 1 atom stereocenters. The molecule has 1 aliphatic rings. The van der Waals surface area contributed by atoms with E-state index in [0.717, 1.165) is 18.7 Å². The van der Waals surface area contributed by atoms with Crippen molar-refractivity contribution in [2.75, 3.05) is 13.0 Å². The number of benzene rings is 2. The Labute approximate surface area is 154 Å². The van der Waals surface area contributed by atoms with E-state index in [1.165, 1.54) is 47.0 Å². The summed E-state index contributed by atoms with van der Waals surface area (Å²) in [5, 5.41) is 1.27. The second kappa shape index (κ2) is 7.13. The van der Waals surface area contributed by atoms with Gasteiger partial charge in [-0.15, -0.1) is 11.6 Å². The summed E-state index contributed by atoms with van der Waals surface area (Å²) in [5.41, 5.74) is 5.48. The van der Waals surface area contributed by atoms with Crippen LogP contribution in [-0.2, 0) is 13.0 Å². The zero-order chi connectivity index (χ0) is 17.2. The molecule has 0 amide bonds. The summed E-state index contributed by atoms with van der Waals surface area (Å²) in [6.45, 7) is 0.898. The Hall–Kier alpha value is -1.93. The van der Waals surface area contributed by atoms with Crippen molar-refractivity contribution in [3.8, 4) is 5.75 Å². The molecule has 0 saturated carbocycles. The molecule has 1 unspecified atom stereocenters. The lowest BCUT2D eigenvalue weighted by Crippen LogP contribution is -2.06. The smallest absolute Gasteiger partial charge is 0.128 e. The Morgan fingerprint density at radius 3 is 2.68 bits per heavy atom. The van der Waals surface area contributed by atoms with Crippen molar-refractivity contribution >= 4 is 22.5 Å². The van der Waals surface area contributed by atoms with Crippen molar-refractivity contribution in [1.29, 1.82) is 0 Å². The van der Waals surface area contributed by atoms with Crippen LogP contribution in [0.3, 0.4) is 0 Å². The maximum Gasteiger partial charge on any atom is 0.128 e. The van der Waals surface area contributed by atoms with E-state index in [1.54, 1.807) is 7.11 Å². The van der Waals surface area contributed by atoms with Crippen LogP contribution < -0.4 is 4.74 Å². The third-order valence-corrected chi connectivity index (χ3v) is 5.79. The van der Waals surface area contributed by atoms with Gasteiger partial charge in [-0.25, -0.2) is 0 Å². The molecule has 25 heavy (non-hydrogen) atoms. The maximum absolute atomic E-state index is 6.40. The minimum Gasteiger partial charge on any atom is -0.496 e. The van der Waals surface area contributed by atoms with Crippen molar-refractivity contribution in [1.82, 2.24) is 4.57 Å². The number of methoxy groups -OCH3 is 1. The summed E-state index contributed by atoms with van der Waals surface area (Å²) >= 11 is 6.40. The highest BCUT2D eigenvalue weighted by atomic mass is 35.5. The molecule has 2 aromatic carbocycles. The summed E-state index contributed by atoms with van der Waals surface area (Å²) in [6.07, 6.45) is 4.76. The van der Waals surface area contributed by atoms with Gasteiger partial charge >= 0.3 is 0 Å². The topological polar surface area (TPSA) is 14.2 Å². The van der Waals surface area contributed by atoms with Crippen molar-refractivity contribution in [3.63, 3.8) is 0 Å². The fourth-order valence-electron chi connectivity index (χ4n) is 4.26. The molecule has 3 aromatic rings. The normalized spacial score (nSPS) is 17.3. The lowest BCUT2D eigenvalue weighted by Gasteiger charge is -2.14. The number of rotatable bonds is 4. The van der Waals surface area contributed by atoms with E-state index >= 15 is 0 Å². The van der Waals surface area contributed by atoms with E-state index in [9.17, 15) is 0 Å². The first-order valence-electron chi connectivity index (χ1n) is 9.11. The van der Waals surface area contributed by atoms with Crippen LogP contribution in [0, 0.1) is 0 Å². The quantitative estimate of drug-likeness (QED) is 0.430. The summed E-state index contributed by atoms with van der Waals surface area (Å²) in [4.78, 5) is 0. The molecule has 1 aliphatic carbocycles. The van der Waals surface area contributed by atoms with Gasteiger partial charge in [-0.05, 0) is 48.4 Å². The predicted molar refractivity (Wildman–Crippen MR) is 105 cm³/mol. The second-order valence-corrected chi connectivity index (χ2v) is 7.19. The molecular weight excluding hydrogens is 330 g/mol. The van der Waals surface area contributed by atoms with Crippen LogP contribution in [0.15, 0.2) is 48.5 Å². The standard InChI is InChI=1S/C22H24ClNO/c1-25-20-13-7-12-19-22(20)21-17(14-23)10-5-6-11-18(21)24(19)15-16-8-3-2-4-9-16/h2-4,7-9,12-13,17H,5-6,10-11,14-15H2,1H3. The molecule has 1 aromatic heterocycles. The highest BCUT2D eigenvalue weighted by Crippen LogP contribution is 2.42. The van der Waals surface area contributed by atoms with Crippen LogP contribution in [0.2, 0.25) is 0 Å². The van der Waals surface area contributed by atoms with Gasteiger partial charge in [0.25, 0.3) is 0 Å². The minimum atomic E-state index is 0.412. The third-order valence-electron chi connectivity index (χ3n) is 5.42. The molecule has 0 aliphatic heterocycles. The predicted octanol–water partition coefficient (Wildman–Crippen LogP) is 5.75. The molecule has 2 nitrogen and oxygen atoms in total. The van der Waals surface area contributed by atoms with Crippen LogP contribution >= 0.6 is 11.6 Å². The summed E-state index contributed by atoms with van der Waals surface area (Å²) in [7, 11) is 1.77. The average molecular weight is 354 g/mol. The first kappa shape index (κ1) is 16.5. The second-order valence-electron chi connectivity index (χ2n) is 6.88. The Balaban J connectivity index is 1.97. The van der Waals surface area contributed by atoms with E-state index in [0.29, 0.717) is 11.8 Å². The van der Waals surface area contributed by atoms with Crippen molar-refractivity contribution in [2.24, 2.45) is 0 Å². The van der Waals surface area contributed by atoms with Gasteiger partial charge in [-0.1, -0.05) is 42.8 Å². The number of alkyl halides is 1. The van der Waals surface area contributed by atoms with Gasteiger partial charge < -0.3 is 9.30 Å². The Morgan fingerprint density at radius 1 is 1.08 bits per heavy atom. The molecule has 1 heterocycles. The summed E-state index contributed by atoms with van der Waals surface area (Å²) in [6, 6.07) is 17.1. The largest absolute Gasteiger partial charge is 0.496 e. The van der Waals surface area contributed by atoms with E-state index in [2.05, 4.69) is 53.1 Å². The first-order valence-corrected chi connectivity index (χ1v) is 9.64. The minimum absolute atomic E-state index is 0.412. The third kappa shape index (κ3) is 2.93. The number of fused-ring (bicyclic) bond motifs is 3. The molecular formula is C22H24ClNO. The SMILES string of the molecule is COc1cccc2c1c1c(n2Cc2ccccc2)CCCCC1CCl. The number of nitrogens with zero attached hydrogens (tertiary/aromatic N) is 1. The summed E-state index contributed by atoms with van der Waals surface area (Å²) < 4.78 is 8.23. The van der Waals surface area contributed by atoms with Gasteiger partial charge in [-0.2, -0.15) is 0 Å². The number of hydrogen-bond donors (Lipinski definition) is 0. The number of aromatic nitrogens is 1. The molecule has 130 valence electrons. The van der Waals surface area contributed by atoms with Crippen molar-refractivity contribution in [3.05, 3.63) is 65.4 Å². The monoisotopic (exact) mass is 353 g/mol. The molecule has 0 radical (unpaired) electrons. The van der Waals surface area contributed by atoms with Crippen LogP contribution in [0.25, 0.3) is 10.9 Å². The van der Waals surface area contributed by atoms with Crippen LogP contribution in [0.5, 0.6) is 5.75 Å². The zero-order valence-electron chi connectivity index (χ0n) is 14.7. The van der Waals surface area contributed by atoms with E-state index in [-0.39, 0.29) is 0 Å². The van der Waals surface area contributed by atoms with Crippen LogP contribution in [0.1, 0.15) is 42.0 Å². The molecule has 0 bridgehead atoms. The molecule has 3 heteroatoms. The van der Waals surface area contributed by atoms with E-state index in [4.69, 9.17) is 16.3 Å². The Bertz CT molecular complexity index is 869. The fourth-order valence-corrected chi connectivity index (χ4v) is 4.57. The van der Waals surface area contributed by atoms with Crippen LogP contribution in [-0.4, -0.2) is 17.6 Å². The lowest BCUT2D eigenvalue weighted by molar-refractivity contribution is 0.419. The maximum atomic E-state index is 6.40. The first-order chi connectivity index (χ1) is 12.3. The Kier molecular flexibility index (Phi) is 4.72. The van der Waals surface area contributed by atoms with Gasteiger partial charge in [0.1, 0.15) is 5.75 Å². The highest BCUT2D eigenvalue weighted by molar-refractivity contribution is 6.18. The van der Waals surface area contributed by atoms with E-state index < -0.39 is 0 Å². The van der Waals surface area contributed by atoms with Crippen LogP contribution in [0.4, 0.5) is 0 Å². The molecule has 0 fully saturated rings. The zero-order valence-corrected chi connectivity index (χ0v) is 15.4. The average Bonchev–Trinajstić information content (AvgIpc) is 2.82. The van der Waals surface area contributed by atoms with Gasteiger partial charge in [0.05, 0.1) is 12.6 Å². The van der Waals surface area contributed by atoms with E-state index in [1.807, 2.05) is 0 Å². The fraction of sp³-hybridized carbons (Fsp3) is 0.364. The van der Waals surface area contributed by atoms with Gasteiger partial charge in [0, 0.05) is 23.5 Å². The number of hydrogen-bond acceptors (Lipinski definition) is 1. The van der Waals surface area contributed by atoms with Gasteiger partial charge in [-0.3, -0.25) is 0 Å². The molecule has 0 N–H and O–H groups in total. The van der Waals surface area contributed by atoms with Gasteiger partial charge in [0.2, 0.25) is 0 Å². The van der Waals surface area contributed by atoms with Crippen molar-refractivity contribution < 1.29 is 4.74 Å². The Morgan fingerprint density at radius 2 is 1.92 bits per heavy atom. The van der Waals surface area contributed by atoms with Crippen molar-refractivity contribution in [2.45, 2.75) is 38.1 Å². The number of halogens is 1. The summed E-state index contributed by atoms with van der Waals surface area (Å²) in [5.74, 6) is 2.06. The number of ether oxygens (including phenoxy) is 1. The lowest BCUT2D eigenvalue weighted by atomic mass is 9.95.